The molecule has 0 aliphatic heterocycles. The van der Waals surface area contributed by atoms with Crippen molar-refractivity contribution in [2.45, 2.75) is 32.9 Å². The number of carbonyl (C=O) groups excluding carboxylic acids is 2. The van der Waals surface area contributed by atoms with Gasteiger partial charge in [0, 0.05) is 41.6 Å². The fourth-order valence-corrected chi connectivity index (χ4v) is 2.70. The molecular formula is C22H23N3O3. The number of nitrogens with one attached hydrogen (secondary N) is 2. The van der Waals surface area contributed by atoms with Crippen molar-refractivity contribution >= 4 is 28.9 Å². The monoisotopic (exact) mass is 377 g/mol. The van der Waals surface area contributed by atoms with Crippen LogP contribution < -0.4 is 5.32 Å². The number of allylic oxidation sites excluding steroid dienone is 1. The Morgan fingerprint density at radius 3 is 2.64 bits per heavy atom. The van der Waals surface area contributed by atoms with E-state index in [0.29, 0.717) is 12.1 Å². The fraction of sp³-hybridized carbons (Fsp3) is 0.227. The fourth-order valence-electron chi connectivity index (χ4n) is 2.70. The zero-order valence-corrected chi connectivity index (χ0v) is 16.2. The van der Waals surface area contributed by atoms with Crippen LogP contribution in [0.3, 0.4) is 0 Å². The normalized spacial score (nSPS) is 11.7. The van der Waals surface area contributed by atoms with E-state index in [0.717, 1.165) is 22.0 Å². The number of rotatable bonds is 5. The first-order valence-corrected chi connectivity index (χ1v) is 9.01. The Kier molecular flexibility index (Phi) is 5.59. The van der Waals surface area contributed by atoms with E-state index in [1.807, 2.05) is 45.2 Å². The van der Waals surface area contributed by atoms with Crippen molar-refractivity contribution in [3.05, 3.63) is 71.7 Å². The Morgan fingerprint density at radius 2 is 1.93 bits per heavy atom. The molecule has 3 aromatic rings. The third kappa shape index (κ3) is 5.07. The number of ether oxygens (including phenoxy) is 1. The summed E-state index contributed by atoms with van der Waals surface area (Å²) in [6, 6.07) is 9.24. The molecule has 0 fully saturated rings. The molecule has 1 aromatic carbocycles. The average Bonchev–Trinajstić information content (AvgIpc) is 3.06. The third-order valence-electron chi connectivity index (χ3n) is 3.99. The number of benzene rings is 1. The van der Waals surface area contributed by atoms with Crippen LogP contribution in [0.4, 0.5) is 4.79 Å². The van der Waals surface area contributed by atoms with Crippen molar-refractivity contribution in [2.75, 3.05) is 0 Å². The lowest BCUT2D eigenvalue weighted by Crippen LogP contribution is -2.32. The van der Waals surface area contributed by atoms with Gasteiger partial charge in [0.05, 0.1) is 0 Å². The van der Waals surface area contributed by atoms with Crippen molar-refractivity contribution in [1.29, 1.82) is 0 Å². The van der Waals surface area contributed by atoms with Crippen LogP contribution in [0.1, 0.15) is 42.3 Å². The van der Waals surface area contributed by atoms with Gasteiger partial charge in [0.25, 0.3) is 0 Å². The number of fused-ring (bicyclic) bond motifs is 1. The first-order valence-electron chi connectivity index (χ1n) is 9.01. The van der Waals surface area contributed by atoms with Crippen LogP contribution in [0, 0.1) is 0 Å². The number of H-pyrrole nitrogens is 1. The Bertz CT molecular complexity index is 1010. The minimum Gasteiger partial charge on any atom is -0.444 e. The maximum atomic E-state index is 12.2. The van der Waals surface area contributed by atoms with Gasteiger partial charge in [-0.3, -0.25) is 9.78 Å². The molecule has 2 heterocycles. The number of aromatic amines is 1. The van der Waals surface area contributed by atoms with Crippen molar-refractivity contribution in [2.24, 2.45) is 0 Å². The summed E-state index contributed by atoms with van der Waals surface area (Å²) in [5.41, 5.74) is 2.85. The largest absolute Gasteiger partial charge is 0.444 e. The summed E-state index contributed by atoms with van der Waals surface area (Å²) in [4.78, 5) is 31.2. The van der Waals surface area contributed by atoms with Crippen molar-refractivity contribution < 1.29 is 14.3 Å². The molecular weight excluding hydrogens is 354 g/mol. The molecule has 0 saturated heterocycles. The predicted octanol–water partition coefficient (Wildman–Crippen LogP) is 4.48. The number of hydrogen-bond acceptors (Lipinski definition) is 4. The second kappa shape index (κ2) is 8.08. The highest BCUT2D eigenvalue weighted by Crippen LogP contribution is 2.21. The van der Waals surface area contributed by atoms with Gasteiger partial charge in [0.15, 0.2) is 5.78 Å². The van der Waals surface area contributed by atoms with E-state index in [1.54, 1.807) is 36.7 Å². The summed E-state index contributed by atoms with van der Waals surface area (Å²) in [5, 5.41) is 3.73. The predicted molar refractivity (Wildman–Crippen MR) is 109 cm³/mol. The van der Waals surface area contributed by atoms with Crippen molar-refractivity contribution in [3.8, 4) is 0 Å². The van der Waals surface area contributed by atoms with E-state index in [-0.39, 0.29) is 5.78 Å². The van der Waals surface area contributed by atoms with Crippen LogP contribution in [0.2, 0.25) is 0 Å². The Balaban J connectivity index is 1.73. The van der Waals surface area contributed by atoms with E-state index in [4.69, 9.17) is 4.74 Å². The lowest BCUT2D eigenvalue weighted by atomic mass is 10.1. The quantitative estimate of drug-likeness (QED) is 0.507. The molecule has 0 aliphatic carbocycles. The Labute approximate surface area is 163 Å². The lowest BCUT2D eigenvalue weighted by molar-refractivity contribution is 0.0523. The molecule has 2 aromatic heterocycles. The minimum absolute atomic E-state index is 0.0838. The first-order chi connectivity index (χ1) is 13.3. The summed E-state index contributed by atoms with van der Waals surface area (Å²) in [6.45, 7) is 5.83. The molecule has 1 amide bonds. The Hall–Kier alpha value is -3.41. The number of aromatic nitrogens is 2. The topological polar surface area (TPSA) is 84.1 Å². The summed E-state index contributed by atoms with van der Waals surface area (Å²) in [7, 11) is 0. The molecule has 0 unspecified atom stereocenters. The third-order valence-corrected chi connectivity index (χ3v) is 3.99. The van der Waals surface area contributed by atoms with Crippen molar-refractivity contribution in [1.82, 2.24) is 15.3 Å². The van der Waals surface area contributed by atoms with Gasteiger partial charge >= 0.3 is 6.09 Å². The highest BCUT2D eigenvalue weighted by molar-refractivity contribution is 6.07. The number of ketones is 1. The second-order valence-corrected chi connectivity index (χ2v) is 7.41. The van der Waals surface area contributed by atoms with Crippen LogP contribution in [0.5, 0.6) is 0 Å². The second-order valence-electron chi connectivity index (χ2n) is 7.41. The van der Waals surface area contributed by atoms with Gasteiger partial charge in [0.2, 0.25) is 0 Å². The molecule has 28 heavy (non-hydrogen) atoms. The van der Waals surface area contributed by atoms with E-state index >= 15 is 0 Å². The molecule has 0 radical (unpaired) electrons. The molecule has 0 atom stereocenters. The van der Waals surface area contributed by atoms with E-state index in [1.165, 1.54) is 0 Å². The number of amides is 1. The molecule has 3 rings (SSSR count). The summed E-state index contributed by atoms with van der Waals surface area (Å²) in [6.07, 6.45) is 7.92. The van der Waals surface area contributed by atoms with Crippen molar-refractivity contribution in [3.63, 3.8) is 0 Å². The molecule has 6 nitrogen and oxygen atoms in total. The summed E-state index contributed by atoms with van der Waals surface area (Å²) < 4.78 is 5.25. The maximum absolute atomic E-state index is 12.2. The first kappa shape index (κ1) is 19.4. The van der Waals surface area contributed by atoms with Crippen LogP contribution >= 0.6 is 0 Å². The Morgan fingerprint density at radius 1 is 1.18 bits per heavy atom. The van der Waals surface area contributed by atoms with Gasteiger partial charge in [-0.25, -0.2) is 4.79 Å². The number of pyridine rings is 1. The average molecular weight is 377 g/mol. The summed E-state index contributed by atoms with van der Waals surface area (Å²) in [5.74, 6) is -0.0838. The number of alkyl carbamates (subject to hydrolysis) is 1. The maximum Gasteiger partial charge on any atom is 0.407 e. The number of carbonyl (C=O) groups is 2. The van der Waals surface area contributed by atoms with Gasteiger partial charge in [-0.15, -0.1) is 0 Å². The van der Waals surface area contributed by atoms with Crippen LogP contribution in [-0.4, -0.2) is 27.4 Å². The van der Waals surface area contributed by atoms with Gasteiger partial charge in [-0.2, -0.15) is 0 Å². The zero-order chi connectivity index (χ0) is 20.1. The smallest absolute Gasteiger partial charge is 0.407 e. The van der Waals surface area contributed by atoms with E-state index in [9.17, 15) is 9.59 Å². The molecule has 0 spiro atoms. The van der Waals surface area contributed by atoms with Gasteiger partial charge in [-0.1, -0.05) is 6.07 Å². The van der Waals surface area contributed by atoms with Gasteiger partial charge in [-0.05, 0) is 68.3 Å². The molecule has 144 valence electrons. The van der Waals surface area contributed by atoms with Gasteiger partial charge < -0.3 is 15.0 Å². The minimum atomic E-state index is -0.534. The van der Waals surface area contributed by atoms with Gasteiger partial charge in [0.1, 0.15) is 5.60 Å². The SMILES string of the molecule is CC(C)(C)OC(=O)NCc1ccc2[nH]cc(/C=C/C(=O)c3ccncc3)c2c1. The number of nitrogens with zero attached hydrogens (tertiary/aromatic N) is 1. The lowest BCUT2D eigenvalue weighted by Gasteiger charge is -2.19. The highest BCUT2D eigenvalue weighted by atomic mass is 16.6. The zero-order valence-electron chi connectivity index (χ0n) is 16.2. The highest BCUT2D eigenvalue weighted by Gasteiger charge is 2.15. The standard InChI is InChI=1S/C22H23N3O3/c1-22(2,3)28-21(27)25-13-15-4-6-19-18(12-15)17(14-24-19)5-7-20(26)16-8-10-23-11-9-16/h4-12,14,24H,13H2,1-3H3,(H,25,27)/b7-5+. The van der Waals surface area contributed by atoms with E-state index < -0.39 is 11.7 Å². The molecule has 2 N–H and O–H groups in total. The molecule has 6 heteroatoms. The number of hydrogen-bond donors (Lipinski definition) is 2. The van der Waals surface area contributed by atoms with Crippen LogP contribution in [-0.2, 0) is 11.3 Å². The molecule has 0 saturated carbocycles. The van der Waals surface area contributed by atoms with Crippen LogP contribution in [0.15, 0.2) is 55.0 Å². The molecule has 0 bridgehead atoms. The summed E-state index contributed by atoms with van der Waals surface area (Å²) >= 11 is 0. The van der Waals surface area contributed by atoms with Crippen LogP contribution in [0.25, 0.3) is 17.0 Å². The van der Waals surface area contributed by atoms with E-state index in [2.05, 4.69) is 15.3 Å². The molecule has 0 aliphatic rings.